The fourth-order valence-electron chi connectivity index (χ4n) is 3.19. The van der Waals surface area contributed by atoms with Gasteiger partial charge < -0.3 is 5.32 Å². The Balaban J connectivity index is 1.50. The first-order chi connectivity index (χ1) is 9.42. The van der Waals surface area contributed by atoms with Gasteiger partial charge >= 0.3 is 0 Å². The third-order valence-corrected chi connectivity index (χ3v) is 4.35. The Morgan fingerprint density at radius 3 is 2.58 bits per heavy atom. The molecule has 0 unspecified atom stereocenters. The lowest BCUT2D eigenvalue weighted by molar-refractivity contribution is 0.477. The third kappa shape index (κ3) is 3.36. The van der Waals surface area contributed by atoms with Gasteiger partial charge in [0.15, 0.2) is 0 Å². The van der Waals surface area contributed by atoms with Crippen molar-refractivity contribution < 1.29 is 0 Å². The quantitative estimate of drug-likeness (QED) is 0.773. The van der Waals surface area contributed by atoms with Crippen LogP contribution in [0.2, 0.25) is 0 Å². The Labute approximate surface area is 116 Å². The number of nitrogens with one attached hydrogen (secondary N) is 1. The molecule has 1 aliphatic carbocycles. The molecule has 0 aromatic heterocycles. The lowest BCUT2D eigenvalue weighted by Gasteiger charge is -2.10. The summed E-state index contributed by atoms with van der Waals surface area (Å²) in [5.41, 5.74) is 1.39. The zero-order chi connectivity index (χ0) is 12.9. The van der Waals surface area contributed by atoms with Crippen LogP contribution in [-0.4, -0.2) is 6.54 Å². The van der Waals surface area contributed by atoms with E-state index in [0.717, 1.165) is 19.0 Å². The van der Waals surface area contributed by atoms with Gasteiger partial charge in [0, 0.05) is 6.54 Å². The lowest BCUT2D eigenvalue weighted by Crippen LogP contribution is -2.16. The molecule has 1 heteroatoms. The monoisotopic (exact) mass is 253 g/mol. The predicted octanol–water partition coefficient (Wildman–Crippen LogP) is 4.51. The number of hydrogen-bond acceptors (Lipinski definition) is 1. The SMILES string of the molecule is c1ccc2cc(CNCCC3CCCC3)ccc2c1. The number of rotatable bonds is 5. The molecular formula is C18H23N. The molecule has 0 aliphatic heterocycles. The van der Waals surface area contributed by atoms with Crippen molar-refractivity contribution in [2.75, 3.05) is 6.54 Å². The minimum Gasteiger partial charge on any atom is -0.313 e. The van der Waals surface area contributed by atoms with Crippen LogP contribution in [0.15, 0.2) is 42.5 Å². The Bertz CT molecular complexity index is 526. The smallest absolute Gasteiger partial charge is 0.0205 e. The topological polar surface area (TPSA) is 12.0 Å². The summed E-state index contributed by atoms with van der Waals surface area (Å²) in [6, 6.07) is 15.3. The molecule has 1 nitrogen and oxygen atoms in total. The largest absolute Gasteiger partial charge is 0.313 e. The summed E-state index contributed by atoms with van der Waals surface area (Å²) >= 11 is 0. The van der Waals surface area contributed by atoms with Crippen molar-refractivity contribution in [2.24, 2.45) is 5.92 Å². The van der Waals surface area contributed by atoms with Crippen LogP contribution in [0, 0.1) is 5.92 Å². The standard InChI is InChI=1S/C18H23N/c1-2-6-15(5-1)11-12-19-14-16-9-10-17-7-3-4-8-18(17)13-16/h3-4,7-10,13,15,19H,1-2,5-6,11-12,14H2. The van der Waals surface area contributed by atoms with Gasteiger partial charge in [-0.15, -0.1) is 0 Å². The van der Waals surface area contributed by atoms with Crippen molar-refractivity contribution in [3.63, 3.8) is 0 Å². The Hall–Kier alpha value is -1.34. The molecule has 1 saturated carbocycles. The first kappa shape index (κ1) is 12.7. The molecule has 1 fully saturated rings. The summed E-state index contributed by atoms with van der Waals surface area (Å²) in [5.74, 6) is 0.990. The van der Waals surface area contributed by atoms with Gasteiger partial charge in [0.05, 0.1) is 0 Å². The molecule has 0 amide bonds. The van der Waals surface area contributed by atoms with Crippen molar-refractivity contribution in [3.05, 3.63) is 48.0 Å². The molecule has 3 rings (SSSR count). The summed E-state index contributed by atoms with van der Waals surface area (Å²) in [5, 5.41) is 6.27. The van der Waals surface area contributed by atoms with Crippen LogP contribution < -0.4 is 5.32 Å². The number of fused-ring (bicyclic) bond motifs is 1. The summed E-state index contributed by atoms with van der Waals surface area (Å²) in [6.07, 6.45) is 7.17. The normalized spacial score (nSPS) is 16.2. The molecule has 0 spiro atoms. The van der Waals surface area contributed by atoms with E-state index in [1.807, 2.05) is 0 Å². The second-order valence-electron chi connectivity index (χ2n) is 5.80. The molecule has 1 aliphatic rings. The highest BCUT2D eigenvalue weighted by atomic mass is 14.8. The first-order valence-electron chi connectivity index (χ1n) is 7.60. The lowest BCUT2D eigenvalue weighted by atomic mass is 10.0. The highest BCUT2D eigenvalue weighted by Gasteiger charge is 2.13. The molecule has 2 aromatic rings. The average Bonchev–Trinajstić information content (AvgIpc) is 2.97. The van der Waals surface area contributed by atoms with Crippen LogP contribution >= 0.6 is 0 Å². The first-order valence-corrected chi connectivity index (χ1v) is 7.60. The van der Waals surface area contributed by atoms with E-state index in [9.17, 15) is 0 Å². The summed E-state index contributed by atoms with van der Waals surface area (Å²) in [4.78, 5) is 0. The van der Waals surface area contributed by atoms with E-state index in [1.54, 1.807) is 0 Å². The number of benzene rings is 2. The minimum atomic E-state index is 0.990. The van der Waals surface area contributed by atoms with Gasteiger partial charge in [0.2, 0.25) is 0 Å². The fourth-order valence-corrected chi connectivity index (χ4v) is 3.19. The highest BCUT2D eigenvalue weighted by Crippen LogP contribution is 2.26. The van der Waals surface area contributed by atoms with E-state index in [-0.39, 0.29) is 0 Å². The maximum Gasteiger partial charge on any atom is 0.0205 e. The molecule has 100 valence electrons. The molecule has 19 heavy (non-hydrogen) atoms. The van der Waals surface area contributed by atoms with Crippen molar-refractivity contribution >= 4 is 10.8 Å². The average molecular weight is 253 g/mol. The maximum atomic E-state index is 3.59. The molecule has 0 atom stereocenters. The van der Waals surface area contributed by atoms with E-state index in [0.29, 0.717) is 0 Å². The van der Waals surface area contributed by atoms with Crippen LogP contribution in [0.25, 0.3) is 10.8 Å². The molecule has 0 saturated heterocycles. The van der Waals surface area contributed by atoms with Crippen molar-refractivity contribution in [1.29, 1.82) is 0 Å². The van der Waals surface area contributed by atoms with Crippen LogP contribution in [-0.2, 0) is 6.54 Å². The molecule has 2 aromatic carbocycles. The van der Waals surface area contributed by atoms with Crippen LogP contribution in [0.5, 0.6) is 0 Å². The maximum absolute atomic E-state index is 3.59. The highest BCUT2D eigenvalue weighted by molar-refractivity contribution is 5.82. The second-order valence-corrected chi connectivity index (χ2v) is 5.80. The fraction of sp³-hybridized carbons (Fsp3) is 0.444. The molecule has 1 N–H and O–H groups in total. The summed E-state index contributed by atoms with van der Waals surface area (Å²) < 4.78 is 0. The van der Waals surface area contributed by atoms with Crippen molar-refractivity contribution in [3.8, 4) is 0 Å². The predicted molar refractivity (Wildman–Crippen MR) is 82.2 cm³/mol. The zero-order valence-electron chi connectivity index (χ0n) is 11.6. The van der Waals surface area contributed by atoms with Gasteiger partial charge in [0.1, 0.15) is 0 Å². The van der Waals surface area contributed by atoms with E-state index in [1.165, 1.54) is 48.4 Å². The molecule has 0 heterocycles. The minimum absolute atomic E-state index is 0.990. The second kappa shape index (κ2) is 6.21. The van der Waals surface area contributed by atoms with Gasteiger partial charge in [0.25, 0.3) is 0 Å². The van der Waals surface area contributed by atoms with Gasteiger partial charge in [-0.25, -0.2) is 0 Å². The van der Waals surface area contributed by atoms with E-state index in [2.05, 4.69) is 47.8 Å². The molecular weight excluding hydrogens is 230 g/mol. The van der Waals surface area contributed by atoms with Crippen molar-refractivity contribution in [1.82, 2.24) is 5.32 Å². The Morgan fingerprint density at radius 1 is 0.947 bits per heavy atom. The molecule has 0 radical (unpaired) electrons. The Kier molecular flexibility index (Phi) is 4.14. The zero-order valence-corrected chi connectivity index (χ0v) is 11.6. The van der Waals surface area contributed by atoms with E-state index >= 15 is 0 Å². The van der Waals surface area contributed by atoms with E-state index in [4.69, 9.17) is 0 Å². The van der Waals surface area contributed by atoms with Gasteiger partial charge in [-0.2, -0.15) is 0 Å². The van der Waals surface area contributed by atoms with Gasteiger partial charge in [-0.05, 0) is 41.3 Å². The summed E-state index contributed by atoms with van der Waals surface area (Å²) in [7, 11) is 0. The molecule has 0 bridgehead atoms. The van der Waals surface area contributed by atoms with Crippen LogP contribution in [0.3, 0.4) is 0 Å². The third-order valence-electron chi connectivity index (χ3n) is 4.35. The summed E-state index contributed by atoms with van der Waals surface area (Å²) in [6.45, 7) is 2.16. The van der Waals surface area contributed by atoms with Crippen LogP contribution in [0.4, 0.5) is 0 Å². The van der Waals surface area contributed by atoms with Gasteiger partial charge in [-0.3, -0.25) is 0 Å². The van der Waals surface area contributed by atoms with Gasteiger partial charge in [-0.1, -0.05) is 62.1 Å². The van der Waals surface area contributed by atoms with Crippen molar-refractivity contribution in [2.45, 2.75) is 38.6 Å². The van der Waals surface area contributed by atoms with E-state index < -0.39 is 0 Å². The number of hydrogen-bond donors (Lipinski definition) is 1. The Morgan fingerprint density at radius 2 is 1.74 bits per heavy atom. The van der Waals surface area contributed by atoms with Crippen LogP contribution in [0.1, 0.15) is 37.7 Å².